The summed E-state index contributed by atoms with van der Waals surface area (Å²) >= 11 is 0. The lowest BCUT2D eigenvalue weighted by molar-refractivity contribution is -0.122. The predicted octanol–water partition coefficient (Wildman–Crippen LogP) is 3.62. The van der Waals surface area contributed by atoms with Crippen LogP contribution < -0.4 is 25.8 Å². The van der Waals surface area contributed by atoms with Crippen LogP contribution in [0.1, 0.15) is 6.42 Å². The average Bonchev–Trinajstić information content (AvgIpc) is 3.40. The summed E-state index contributed by atoms with van der Waals surface area (Å²) in [5.41, 5.74) is 6.85. The number of hydrogen-bond acceptors (Lipinski definition) is 7. The summed E-state index contributed by atoms with van der Waals surface area (Å²) in [6.07, 6.45) is 5.07. The van der Waals surface area contributed by atoms with Gasteiger partial charge < -0.3 is 25.8 Å². The molecule has 0 spiro atoms. The molecule has 2 aliphatic carbocycles. The highest BCUT2D eigenvalue weighted by atomic mass is 19.1. The van der Waals surface area contributed by atoms with E-state index in [1.165, 1.54) is 12.1 Å². The standard InChI is InChI=1S/C24H24FN5O3/c1-32-18-10-16-17(11-19(18)33-2)28-24(27-15-5-3-4-14(25)9-15)30-23(16)29-21-13-7-6-12(8-13)20(21)22(26)31/h3-7,9-13,20-21H,8H2,1-2H3,(H2,26,31)(H2,27,28,29,30)/t12-,13+,20?,21-/m1/s1. The van der Waals surface area contributed by atoms with Crippen molar-refractivity contribution in [3.8, 4) is 11.5 Å². The summed E-state index contributed by atoms with van der Waals surface area (Å²) in [6.45, 7) is 0. The second kappa shape index (κ2) is 8.23. The third kappa shape index (κ3) is 3.79. The van der Waals surface area contributed by atoms with Crippen LogP contribution >= 0.6 is 0 Å². The van der Waals surface area contributed by atoms with Gasteiger partial charge in [0.1, 0.15) is 11.6 Å². The van der Waals surface area contributed by atoms with E-state index in [1.54, 1.807) is 38.5 Å². The number of hydrogen-bond donors (Lipinski definition) is 3. The van der Waals surface area contributed by atoms with Crippen molar-refractivity contribution in [1.82, 2.24) is 9.97 Å². The number of methoxy groups -OCH3 is 2. The van der Waals surface area contributed by atoms with Crippen LogP contribution in [0.5, 0.6) is 11.5 Å². The second-order valence-corrected chi connectivity index (χ2v) is 8.30. The Morgan fingerprint density at radius 3 is 2.58 bits per heavy atom. The maximum atomic E-state index is 13.7. The van der Waals surface area contributed by atoms with Gasteiger partial charge in [-0.05, 0) is 42.5 Å². The van der Waals surface area contributed by atoms with Gasteiger partial charge in [0.05, 0.1) is 25.7 Å². The lowest BCUT2D eigenvalue weighted by atomic mass is 9.88. The summed E-state index contributed by atoms with van der Waals surface area (Å²) in [4.78, 5) is 21.5. The quantitative estimate of drug-likeness (QED) is 0.473. The van der Waals surface area contributed by atoms with Crippen molar-refractivity contribution in [1.29, 1.82) is 0 Å². The lowest BCUT2D eigenvalue weighted by Crippen LogP contribution is -2.41. The fourth-order valence-corrected chi connectivity index (χ4v) is 4.88. The van der Waals surface area contributed by atoms with Crippen molar-refractivity contribution in [2.24, 2.45) is 23.5 Å². The third-order valence-electron chi connectivity index (χ3n) is 6.37. The van der Waals surface area contributed by atoms with E-state index in [4.69, 9.17) is 15.2 Å². The number of ether oxygens (including phenoxy) is 2. The van der Waals surface area contributed by atoms with Gasteiger partial charge in [-0.2, -0.15) is 4.98 Å². The Labute approximate surface area is 190 Å². The Hall–Kier alpha value is -3.88. The van der Waals surface area contributed by atoms with Gasteiger partial charge in [-0.25, -0.2) is 9.37 Å². The van der Waals surface area contributed by atoms with Crippen LogP contribution in [0.2, 0.25) is 0 Å². The first-order valence-corrected chi connectivity index (χ1v) is 10.7. The smallest absolute Gasteiger partial charge is 0.229 e. The number of carbonyl (C=O) groups excluding carboxylic acids is 1. The number of nitrogens with two attached hydrogens (primary N) is 1. The number of benzene rings is 2. The van der Waals surface area contributed by atoms with Crippen molar-refractivity contribution < 1.29 is 18.7 Å². The number of allylic oxidation sites excluding steroid dienone is 1. The maximum Gasteiger partial charge on any atom is 0.229 e. The maximum absolute atomic E-state index is 13.7. The van der Waals surface area contributed by atoms with Gasteiger partial charge in [0.15, 0.2) is 11.5 Å². The molecule has 1 unspecified atom stereocenters. The molecule has 2 aliphatic rings. The molecule has 9 heteroatoms. The van der Waals surface area contributed by atoms with Crippen LogP contribution in [0.25, 0.3) is 10.9 Å². The van der Waals surface area contributed by atoms with Gasteiger partial charge in [-0.3, -0.25) is 4.79 Å². The van der Waals surface area contributed by atoms with Crippen molar-refractivity contribution in [2.45, 2.75) is 12.5 Å². The monoisotopic (exact) mass is 449 g/mol. The minimum Gasteiger partial charge on any atom is -0.493 e. The first kappa shape index (κ1) is 21.0. The highest BCUT2D eigenvalue weighted by Gasteiger charge is 2.47. The zero-order chi connectivity index (χ0) is 23.1. The number of halogens is 1. The van der Waals surface area contributed by atoms with E-state index in [2.05, 4.69) is 32.8 Å². The van der Waals surface area contributed by atoms with E-state index in [-0.39, 0.29) is 41.5 Å². The molecule has 8 nitrogen and oxygen atoms in total. The number of carbonyl (C=O) groups is 1. The van der Waals surface area contributed by atoms with Crippen LogP contribution in [0.15, 0.2) is 48.6 Å². The molecule has 0 saturated heterocycles. The highest BCUT2D eigenvalue weighted by molar-refractivity contribution is 5.93. The Morgan fingerprint density at radius 1 is 1.09 bits per heavy atom. The predicted molar refractivity (Wildman–Crippen MR) is 123 cm³/mol. The van der Waals surface area contributed by atoms with E-state index in [0.29, 0.717) is 33.9 Å². The number of amides is 1. The molecule has 1 fully saturated rings. The molecule has 1 heterocycles. The molecule has 1 aromatic heterocycles. The SMILES string of the molecule is COc1cc2nc(Nc3cccc(F)c3)nc(N[C@H]3C(C(N)=O)[C@@H]4C=C[C@H]3C4)c2cc1OC. The van der Waals surface area contributed by atoms with Crippen molar-refractivity contribution >= 4 is 34.3 Å². The summed E-state index contributed by atoms with van der Waals surface area (Å²) in [7, 11) is 3.11. The van der Waals surface area contributed by atoms with Crippen LogP contribution in [-0.4, -0.2) is 36.1 Å². The van der Waals surface area contributed by atoms with Crippen LogP contribution in [0.3, 0.4) is 0 Å². The van der Waals surface area contributed by atoms with E-state index in [9.17, 15) is 9.18 Å². The largest absolute Gasteiger partial charge is 0.493 e. The van der Waals surface area contributed by atoms with Crippen molar-refractivity contribution in [2.75, 3.05) is 24.9 Å². The molecule has 33 heavy (non-hydrogen) atoms. The summed E-state index contributed by atoms with van der Waals surface area (Å²) in [5, 5.41) is 7.22. The van der Waals surface area contributed by atoms with Crippen LogP contribution in [0.4, 0.5) is 21.8 Å². The molecule has 3 aromatic rings. The molecule has 2 aromatic carbocycles. The minimum absolute atomic E-state index is 0.123. The molecular weight excluding hydrogens is 425 g/mol. The van der Waals surface area contributed by atoms with E-state index in [0.717, 1.165) is 6.42 Å². The molecule has 4 atom stereocenters. The van der Waals surface area contributed by atoms with Gasteiger partial charge in [0.25, 0.3) is 0 Å². The lowest BCUT2D eigenvalue weighted by Gasteiger charge is -2.27. The highest BCUT2D eigenvalue weighted by Crippen LogP contribution is 2.45. The van der Waals surface area contributed by atoms with E-state index in [1.807, 2.05) is 0 Å². The van der Waals surface area contributed by atoms with Gasteiger partial charge in [-0.15, -0.1) is 0 Å². The van der Waals surface area contributed by atoms with Gasteiger partial charge >= 0.3 is 0 Å². The van der Waals surface area contributed by atoms with Crippen LogP contribution in [-0.2, 0) is 4.79 Å². The molecular formula is C24H24FN5O3. The van der Waals surface area contributed by atoms with Crippen molar-refractivity contribution in [3.63, 3.8) is 0 Å². The Balaban J connectivity index is 1.60. The Kier molecular flexibility index (Phi) is 5.24. The fraction of sp³-hybridized carbons (Fsp3) is 0.292. The Bertz CT molecular complexity index is 1260. The molecule has 0 radical (unpaired) electrons. The van der Waals surface area contributed by atoms with Crippen molar-refractivity contribution in [3.05, 3.63) is 54.4 Å². The molecule has 1 amide bonds. The summed E-state index contributed by atoms with van der Waals surface area (Å²) in [5.74, 6) is 1.11. The normalized spacial score (nSPS) is 23.0. The molecule has 1 saturated carbocycles. The first-order valence-electron chi connectivity index (χ1n) is 10.7. The first-order chi connectivity index (χ1) is 16.0. The Morgan fingerprint density at radius 2 is 1.85 bits per heavy atom. The molecule has 0 aliphatic heterocycles. The fourth-order valence-electron chi connectivity index (χ4n) is 4.88. The average molecular weight is 449 g/mol. The van der Waals surface area contributed by atoms with Gasteiger partial charge in [-0.1, -0.05) is 18.2 Å². The molecule has 170 valence electrons. The molecule has 5 rings (SSSR count). The zero-order valence-corrected chi connectivity index (χ0v) is 18.2. The summed E-state index contributed by atoms with van der Waals surface area (Å²) < 4.78 is 24.6. The number of anilines is 3. The van der Waals surface area contributed by atoms with Gasteiger partial charge in [0, 0.05) is 23.2 Å². The third-order valence-corrected chi connectivity index (χ3v) is 6.37. The van der Waals surface area contributed by atoms with E-state index < -0.39 is 0 Å². The molecule has 2 bridgehead atoms. The van der Waals surface area contributed by atoms with E-state index >= 15 is 0 Å². The van der Waals surface area contributed by atoms with Gasteiger partial charge in [0.2, 0.25) is 11.9 Å². The second-order valence-electron chi connectivity index (χ2n) is 8.30. The zero-order valence-electron chi connectivity index (χ0n) is 18.2. The number of nitrogens with one attached hydrogen (secondary N) is 2. The topological polar surface area (TPSA) is 111 Å². The number of aromatic nitrogens is 2. The molecule has 4 N–H and O–H groups in total. The van der Waals surface area contributed by atoms with Crippen LogP contribution in [0, 0.1) is 23.6 Å². The number of primary amides is 1. The number of nitrogens with zero attached hydrogens (tertiary/aromatic N) is 2. The number of rotatable bonds is 7. The minimum atomic E-state index is -0.372. The number of fused-ring (bicyclic) bond motifs is 3. The summed E-state index contributed by atoms with van der Waals surface area (Å²) in [6, 6.07) is 9.41.